The predicted molar refractivity (Wildman–Crippen MR) is 110 cm³/mol. The van der Waals surface area contributed by atoms with Crippen LogP contribution in [0.1, 0.15) is 5.69 Å². The second-order valence-electron chi connectivity index (χ2n) is 6.99. The monoisotopic (exact) mass is 416 g/mol. The van der Waals surface area contributed by atoms with Crippen LogP contribution in [0.15, 0.2) is 35.1 Å². The zero-order valence-electron chi connectivity index (χ0n) is 16.2. The molecule has 3 aromatic rings. The Morgan fingerprint density at radius 1 is 1.24 bits per heavy atom. The lowest BCUT2D eigenvalue weighted by Crippen LogP contribution is -2.51. The number of likely N-dealkylation sites (N-methyl/N-ethyl adjacent to an activating group) is 1. The van der Waals surface area contributed by atoms with E-state index in [1.165, 1.54) is 28.0 Å². The number of piperazine rings is 1. The number of benzene rings is 1. The van der Waals surface area contributed by atoms with Gasteiger partial charge in [0.25, 0.3) is 5.56 Å². The third-order valence-electron chi connectivity index (χ3n) is 4.89. The number of aromatic nitrogens is 3. The highest BCUT2D eigenvalue weighted by Crippen LogP contribution is 2.22. The van der Waals surface area contributed by atoms with E-state index < -0.39 is 0 Å². The summed E-state index contributed by atoms with van der Waals surface area (Å²) in [5.74, 6) is -0.279. The first-order valence-electron chi connectivity index (χ1n) is 9.28. The lowest BCUT2D eigenvalue weighted by Gasteiger charge is -2.36. The van der Waals surface area contributed by atoms with Gasteiger partial charge in [-0.1, -0.05) is 23.5 Å². The summed E-state index contributed by atoms with van der Waals surface area (Å²) < 4.78 is 15.2. The van der Waals surface area contributed by atoms with Gasteiger partial charge in [0.1, 0.15) is 5.82 Å². The summed E-state index contributed by atoms with van der Waals surface area (Å²) in [4.78, 5) is 35.0. The van der Waals surface area contributed by atoms with Gasteiger partial charge in [0.2, 0.25) is 16.0 Å². The van der Waals surface area contributed by atoms with E-state index in [1.54, 1.807) is 35.9 Å². The zero-order valence-corrected chi connectivity index (χ0v) is 17.0. The van der Waals surface area contributed by atoms with E-state index in [4.69, 9.17) is 0 Å². The van der Waals surface area contributed by atoms with E-state index in [2.05, 4.69) is 10.1 Å². The molecule has 1 fully saturated rings. The van der Waals surface area contributed by atoms with Crippen molar-refractivity contribution in [2.45, 2.75) is 6.92 Å². The standard InChI is InChI=1S/C19H21FN6O2S/c1-13-11-16(27)26-18(21-13)29-19(22-26)23(2)12-17(28)25-9-7-24(8-10-25)15-6-4-3-5-14(15)20/h3-6,11H,7-10,12H2,1-2H3. The quantitative estimate of drug-likeness (QED) is 0.640. The van der Waals surface area contributed by atoms with Crippen LogP contribution in [0.3, 0.4) is 0 Å². The third-order valence-corrected chi connectivity index (χ3v) is 5.91. The molecule has 0 unspecified atom stereocenters. The first kappa shape index (κ1) is 19.3. The lowest BCUT2D eigenvalue weighted by molar-refractivity contribution is -0.129. The normalized spacial score (nSPS) is 14.4. The maximum Gasteiger partial charge on any atom is 0.275 e. The molecule has 1 amide bonds. The van der Waals surface area contributed by atoms with Gasteiger partial charge in [-0.2, -0.15) is 4.52 Å². The average Bonchev–Trinajstić information content (AvgIpc) is 3.13. The Hall–Kier alpha value is -3.01. The van der Waals surface area contributed by atoms with Crippen LogP contribution in [-0.2, 0) is 4.79 Å². The smallest absolute Gasteiger partial charge is 0.275 e. The van der Waals surface area contributed by atoms with Crippen molar-refractivity contribution < 1.29 is 9.18 Å². The highest BCUT2D eigenvalue weighted by Gasteiger charge is 2.24. The minimum absolute atomic E-state index is 0.0311. The minimum atomic E-state index is -0.248. The highest BCUT2D eigenvalue weighted by molar-refractivity contribution is 7.20. The van der Waals surface area contributed by atoms with Crippen LogP contribution in [0.4, 0.5) is 15.2 Å². The van der Waals surface area contributed by atoms with Crippen molar-refractivity contribution >= 4 is 33.0 Å². The van der Waals surface area contributed by atoms with Crippen LogP contribution in [0.5, 0.6) is 0 Å². The number of fused-ring (bicyclic) bond motifs is 1. The molecule has 0 atom stereocenters. The number of halogens is 1. The summed E-state index contributed by atoms with van der Waals surface area (Å²) in [6, 6.07) is 8.11. The van der Waals surface area contributed by atoms with Crippen molar-refractivity contribution in [2.24, 2.45) is 0 Å². The van der Waals surface area contributed by atoms with Crippen LogP contribution in [-0.4, -0.2) is 65.2 Å². The van der Waals surface area contributed by atoms with Crippen LogP contribution in [0, 0.1) is 12.7 Å². The Kier molecular flexibility index (Phi) is 5.18. The fourth-order valence-electron chi connectivity index (χ4n) is 3.34. The minimum Gasteiger partial charge on any atom is -0.366 e. The van der Waals surface area contributed by atoms with Crippen molar-refractivity contribution in [1.82, 2.24) is 19.5 Å². The van der Waals surface area contributed by atoms with Gasteiger partial charge in [-0.05, 0) is 19.1 Å². The molecule has 0 bridgehead atoms. The van der Waals surface area contributed by atoms with Gasteiger partial charge in [0.05, 0.1) is 12.2 Å². The predicted octanol–water partition coefficient (Wildman–Crippen LogP) is 1.38. The molecule has 1 aliphatic rings. The summed E-state index contributed by atoms with van der Waals surface area (Å²) in [6.45, 7) is 4.12. The van der Waals surface area contributed by atoms with E-state index in [1.807, 2.05) is 11.0 Å². The molecule has 29 heavy (non-hydrogen) atoms. The lowest BCUT2D eigenvalue weighted by atomic mass is 10.2. The molecule has 4 rings (SSSR count). The maximum atomic E-state index is 14.0. The molecule has 0 saturated carbocycles. The highest BCUT2D eigenvalue weighted by atomic mass is 32.1. The van der Waals surface area contributed by atoms with Crippen LogP contribution >= 0.6 is 11.3 Å². The number of amides is 1. The molecule has 0 aliphatic carbocycles. The summed E-state index contributed by atoms with van der Waals surface area (Å²) in [5, 5.41) is 4.83. The van der Waals surface area contributed by atoms with Crippen molar-refractivity contribution in [3.63, 3.8) is 0 Å². The summed E-state index contributed by atoms with van der Waals surface area (Å²) >= 11 is 1.27. The van der Waals surface area contributed by atoms with Crippen LogP contribution < -0.4 is 15.4 Å². The molecule has 1 aliphatic heterocycles. The second-order valence-corrected chi connectivity index (χ2v) is 7.92. The van der Waals surface area contributed by atoms with E-state index in [0.717, 1.165) is 0 Å². The maximum absolute atomic E-state index is 14.0. The first-order valence-corrected chi connectivity index (χ1v) is 10.1. The molecule has 1 aromatic carbocycles. The topological polar surface area (TPSA) is 74.1 Å². The Balaban J connectivity index is 1.39. The largest absolute Gasteiger partial charge is 0.366 e. The molecule has 3 heterocycles. The SMILES string of the molecule is Cc1cc(=O)n2nc(N(C)CC(=O)N3CCN(c4ccccc4F)CC3)sc2n1. The Bertz CT molecular complexity index is 1110. The number of hydrogen-bond donors (Lipinski definition) is 0. The zero-order chi connectivity index (χ0) is 20.5. The van der Waals surface area contributed by atoms with E-state index in [-0.39, 0.29) is 23.8 Å². The number of hydrogen-bond acceptors (Lipinski definition) is 7. The number of para-hydroxylation sites is 1. The van der Waals surface area contributed by atoms with Crippen LogP contribution in [0.2, 0.25) is 0 Å². The molecule has 152 valence electrons. The molecule has 10 heteroatoms. The molecule has 1 saturated heterocycles. The number of anilines is 2. The van der Waals surface area contributed by atoms with Crippen molar-refractivity contribution in [3.05, 3.63) is 52.2 Å². The average molecular weight is 416 g/mol. The fourth-order valence-corrected chi connectivity index (χ4v) is 4.25. The van der Waals surface area contributed by atoms with Gasteiger partial charge in [0, 0.05) is 45.0 Å². The van der Waals surface area contributed by atoms with Crippen molar-refractivity contribution in [3.8, 4) is 0 Å². The van der Waals surface area contributed by atoms with Gasteiger partial charge >= 0.3 is 0 Å². The fraction of sp³-hybridized carbons (Fsp3) is 0.368. The first-order chi connectivity index (χ1) is 13.9. The number of carbonyl (C=O) groups excluding carboxylic acids is 1. The Morgan fingerprint density at radius 3 is 2.69 bits per heavy atom. The van der Waals surface area contributed by atoms with Gasteiger partial charge in [-0.15, -0.1) is 5.10 Å². The van der Waals surface area contributed by atoms with Gasteiger partial charge in [-0.25, -0.2) is 9.37 Å². The summed E-state index contributed by atoms with van der Waals surface area (Å²) in [5.41, 5.74) is 0.968. The van der Waals surface area contributed by atoms with Crippen molar-refractivity contribution in [2.75, 3.05) is 49.6 Å². The molecule has 8 nitrogen and oxygen atoms in total. The Labute approximate surface area is 170 Å². The van der Waals surface area contributed by atoms with Gasteiger partial charge in [-0.3, -0.25) is 9.59 Å². The molecular formula is C19H21FN6O2S. The van der Waals surface area contributed by atoms with Crippen LogP contribution in [0.25, 0.3) is 4.96 Å². The number of carbonyl (C=O) groups is 1. The van der Waals surface area contributed by atoms with Gasteiger partial charge in [0.15, 0.2) is 0 Å². The molecule has 0 spiro atoms. The van der Waals surface area contributed by atoms with E-state index >= 15 is 0 Å². The molecular weight excluding hydrogens is 395 g/mol. The van der Waals surface area contributed by atoms with E-state index in [0.29, 0.717) is 47.7 Å². The van der Waals surface area contributed by atoms with Gasteiger partial charge < -0.3 is 14.7 Å². The number of rotatable bonds is 4. The summed E-state index contributed by atoms with van der Waals surface area (Å²) in [7, 11) is 1.77. The molecule has 0 radical (unpaired) electrons. The van der Waals surface area contributed by atoms with E-state index in [9.17, 15) is 14.0 Å². The summed E-state index contributed by atoms with van der Waals surface area (Å²) in [6.07, 6.45) is 0. The Morgan fingerprint density at radius 2 is 1.97 bits per heavy atom. The third kappa shape index (κ3) is 3.93. The van der Waals surface area contributed by atoms with Crippen molar-refractivity contribution in [1.29, 1.82) is 0 Å². The second kappa shape index (κ2) is 7.78. The number of nitrogens with zero attached hydrogens (tertiary/aromatic N) is 6. The number of aryl methyl sites for hydroxylation is 1. The molecule has 0 N–H and O–H groups in total. The molecule has 2 aromatic heterocycles.